The maximum atomic E-state index is 10.1. The third-order valence-corrected chi connectivity index (χ3v) is 3.65. The van der Waals surface area contributed by atoms with Gasteiger partial charge in [-0.2, -0.15) is 0 Å². The van der Waals surface area contributed by atoms with Crippen LogP contribution >= 0.6 is 0 Å². The first-order chi connectivity index (χ1) is 6.29. The van der Waals surface area contributed by atoms with Gasteiger partial charge in [0.25, 0.3) is 0 Å². The largest absolute Gasteiger partial charge is 0.390 e. The molecule has 2 N–H and O–H groups in total. The lowest BCUT2D eigenvalue weighted by Gasteiger charge is -2.23. The number of nitrogens with one attached hydrogen (secondary N) is 1. The van der Waals surface area contributed by atoms with E-state index >= 15 is 0 Å². The molecule has 2 fully saturated rings. The predicted octanol–water partition coefficient (Wildman–Crippen LogP) is 1.82. The van der Waals surface area contributed by atoms with Gasteiger partial charge in [-0.3, -0.25) is 0 Å². The molecule has 0 aromatic rings. The molecular formula is C11H21NO. The fourth-order valence-corrected chi connectivity index (χ4v) is 2.73. The van der Waals surface area contributed by atoms with Gasteiger partial charge >= 0.3 is 0 Å². The van der Waals surface area contributed by atoms with Crippen molar-refractivity contribution in [3.8, 4) is 0 Å². The second-order valence-corrected chi connectivity index (χ2v) is 4.76. The van der Waals surface area contributed by atoms with E-state index in [1.54, 1.807) is 0 Å². The van der Waals surface area contributed by atoms with E-state index in [-0.39, 0.29) is 5.60 Å². The Kier molecular flexibility index (Phi) is 2.89. The second-order valence-electron chi connectivity index (χ2n) is 4.76. The van der Waals surface area contributed by atoms with Crippen molar-refractivity contribution >= 4 is 0 Å². The first-order valence-electron chi connectivity index (χ1n) is 5.74. The van der Waals surface area contributed by atoms with Crippen molar-refractivity contribution in [3.63, 3.8) is 0 Å². The van der Waals surface area contributed by atoms with Crippen LogP contribution in [0.1, 0.15) is 51.4 Å². The Bertz CT molecular complexity index is 157. The van der Waals surface area contributed by atoms with Gasteiger partial charge in [0.1, 0.15) is 0 Å². The van der Waals surface area contributed by atoms with Crippen molar-refractivity contribution < 1.29 is 5.11 Å². The summed E-state index contributed by atoms with van der Waals surface area (Å²) in [5.41, 5.74) is -0.287. The van der Waals surface area contributed by atoms with Gasteiger partial charge in [-0.15, -0.1) is 0 Å². The molecule has 2 nitrogen and oxygen atoms in total. The summed E-state index contributed by atoms with van der Waals surface area (Å²) in [5.74, 6) is 0. The summed E-state index contributed by atoms with van der Waals surface area (Å²) in [6, 6.07) is 0.699. The normalized spacial score (nSPS) is 32.5. The molecule has 1 aliphatic carbocycles. The second kappa shape index (κ2) is 3.97. The van der Waals surface area contributed by atoms with Crippen LogP contribution in [-0.2, 0) is 0 Å². The Morgan fingerprint density at radius 2 is 2.00 bits per heavy atom. The van der Waals surface area contributed by atoms with Gasteiger partial charge in [0, 0.05) is 6.04 Å². The van der Waals surface area contributed by atoms with Crippen molar-refractivity contribution in [1.82, 2.24) is 5.32 Å². The van der Waals surface area contributed by atoms with Crippen LogP contribution in [0.3, 0.4) is 0 Å². The lowest BCUT2D eigenvalue weighted by Crippen LogP contribution is -2.29. The molecular weight excluding hydrogens is 162 g/mol. The molecule has 0 aromatic heterocycles. The molecule has 0 aromatic carbocycles. The van der Waals surface area contributed by atoms with Gasteiger partial charge in [0.15, 0.2) is 0 Å². The zero-order valence-electron chi connectivity index (χ0n) is 8.39. The fourth-order valence-electron chi connectivity index (χ4n) is 2.73. The van der Waals surface area contributed by atoms with Crippen molar-refractivity contribution in [2.45, 2.75) is 63.0 Å². The van der Waals surface area contributed by atoms with Gasteiger partial charge in [0.2, 0.25) is 0 Å². The maximum absolute atomic E-state index is 10.1. The Balaban J connectivity index is 1.71. The van der Waals surface area contributed by atoms with Gasteiger partial charge < -0.3 is 10.4 Å². The molecule has 76 valence electrons. The zero-order valence-corrected chi connectivity index (χ0v) is 8.39. The highest BCUT2D eigenvalue weighted by Gasteiger charge is 2.31. The number of hydrogen-bond acceptors (Lipinski definition) is 2. The summed E-state index contributed by atoms with van der Waals surface area (Å²) in [4.78, 5) is 0. The molecule has 2 rings (SSSR count). The predicted molar refractivity (Wildman–Crippen MR) is 53.7 cm³/mol. The van der Waals surface area contributed by atoms with Crippen LogP contribution in [0.4, 0.5) is 0 Å². The SMILES string of the molecule is OC1(CCC2CCCN2)CCCC1. The van der Waals surface area contributed by atoms with Gasteiger partial charge in [0.05, 0.1) is 5.60 Å². The molecule has 1 unspecified atom stereocenters. The molecule has 1 saturated carbocycles. The molecule has 0 spiro atoms. The summed E-state index contributed by atoms with van der Waals surface area (Å²) in [5, 5.41) is 13.6. The van der Waals surface area contributed by atoms with Crippen LogP contribution in [0.15, 0.2) is 0 Å². The van der Waals surface area contributed by atoms with E-state index in [0.717, 1.165) is 19.3 Å². The Hall–Kier alpha value is -0.0800. The lowest BCUT2D eigenvalue weighted by molar-refractivity contribution is 0.0345. The van der Waals surface area contributed by atoms with Gasteiger partial charge in [-0.05, 0) is 45.1 Å². The van der Waals surface area contributed by atoms with Crippen LogP contribution in [-0.4, -0.2) is 23.3 Å². The average Bonchev–Trinajstić information content (AvgIpc) is 2.72. The van der Waals surface area contributed by atoms with Crippen molar-refractivity contribution in [2.75, 3.05) is 6.54 Å². The highest BCUT2D eigenvalue weighted by atomic mass is 16.3. The van der Waals surface area contributed by atoms with E-state index in [9.17, 15) is 5.11 Å². The van der Waals surface area contributed by atoms with Crippen LogP contribution < -0.4 is 5.32 Å². The monoisotopic (exact) mass is 183 g/mol. The van der Waals surface area contributed by atoms with Crippen LogP contribution in [0.25, 0.3) is 0 Å². The van der Waals surface area contributed by atoms with E-state index in [0.29, 0.717) is 6.04 Å². The minimum absolute atomic E-state index is 0.287. The van der Waals surface area contributed by atoms with E-state index in [4.69, 9.17) is 0 Å². The fraction of sp³-hybridized carbons (Fsp3) is 1.00. The first kappa shape index (κ1) is 9.47. The molecule has 0 amide bonds. The molecule has 0 radical (unpaired) electrons. The minimum Gasteiger partial charge on any atom is -0.390 e. The highest BCUT2D eigenvalue weighted by molar-refractivity contribution is 4.86. The van der Waals surface area contributed by atoms with Gasteiger partial charge in [-0.1, -0.05) is 12.8 Å². The summed E-state index contributed by atoms with van der Waals surface area (Å²) < 4.78 is 0. The first-order valence-corrected chi connectivity index (χ1v) is 5.74. The number of aliphatic hydroxyl groups is 1. The molecule has 1 aliphatic heterocycles. The topological polar surface area (TPSA) is 32.3 Å². The Labute approximate surface area is 80.7 Å². The molecule has 1 heterocycles. The lowest BCUT2D eigenvalue weighted by atomic mass is 9.93. The van der Waals surface area contributed by atoms with E-state index in [1.807, 2.05) is 0 Å². The summed E-state index contributed by atoms with van der Waals surface area (Å²) >= 11 is 0. The summed E-state index contributed by atoms with van der Waals surface area (Å²) in [6.07, 6.45) is 9.38. The average molecular weight is 183 g/mol. The summed E-state index contributed by atoms with van der Waals surface area (Å²) in [6.45, 7) is 1.18. The number of rotatable bonds is 3. The van der Waals surface area contributed by atoms with Crippen LogP contribution in [0, 0.1) is 0 Å². The smallest absolute Gasteiger partial charge is 0.0648 e. The maximum Gasteiger partial charge on any atom is 0.0648 e. The minimum atomic E-state index is -0.287. The third-order valence-electron chi connectivity index (χ3n) is 3.65. The van der Waals surface area contributed by atoms with Crippen LogP contribution in [0.5, 0.6) is 0 Å². The highest BCUT2D eigenvalue weighted by Crippen LogP contribution is 2.34. The molecule has 0 bridgehead atoms. The standard InChI is InChI=1S/C11H21NO/c13-11(6-1-2-7-11)8-5-10-4-3-9-12-10/h10,12-13H,1-9H2. The van der Waals surface area contributed by atoms with Gasteiger partial charge in [-0.25, -0.2) is 0 Å². The van der Waals surface area contributed by atoms with Crippen molar-refractivity contribution in [2.24, 2.45) is 0 Å². The quantitative estimate of drug-likeness (QED) is 0.699. The van der Waals surface area contributed by atoms with Crippen molar-refractivity contribution in [1.29, 1.82) is 0 Å². The van der Waals surface area contributed by atoms with E-state index in [1.165, 1.54) is 38.6 Å². The van der Waals surface area contributed by atoms with Crippen LogP contribution in [0.2, 0.25) is 0 Å². The molecule has 1 atom stereocenters. The molecule has 1 saturated heterocycles. The van der Waals surface area contributed by atoms with Crippen molar-refractivity contribution in [3.05, 3.63) is 0 Å². The molecule has 2 aliphatic rings. The van der Waals surface area contributed by atoms with E-state index < -0.39 is 0 Å². The summed E-state index contributed by atoms with van der Waals surface area (Å²) in [7, 11) is 0. The Morgan fingerprint density at radius 1 is 1.23 bits per heavy atom. The number of hydrogen-bond donors (Lipinski definition) is 2. The third kappa shape index (κ3) is 2.44. The zero-order chi connectivity index (χ0) is 9.15. The molecule has 2 heteroatoms. The Morgan fingerprint density at radius 3 is 2.62 bits per heavy atom. The van der Waals surface area contributed by atoms with E-state index in [2.05, 4.69) is 5.32 Å². The molecule has 13 heavy (non-hydrogen) atoms.